The summed E-state index contributed by atoms with van der Waals surface area (Å²) in [5, 5.41) is 33.6. The first-order chi connectivity index (χ1) is 28.6. The van der Waals surface area contributed by atoms with Crippen molar-refractivity contribution in [2.45, 2.75) is 327 Å². The minimum atomic E-state index is -1.13. The van der Waals surface area contributed by atoms with Gasteiger partial charge in [0.25, 0.3) is 0 Å². The summed E-state index contributed by atoms with van der Waals surface area (Å²) in [6.07, 6.45) is 58.3. The molecule has 348 valence electrons. The number of carbonyl (C=O) groups is 1. The molecule has 0 bridgehead atoms. The maximum atomic E-state index is 12.5. The standard InChI is InChI=1S/C53H107NO4/c1-3-5-7-9-11-13-15-17-18-19-20-21-22-23-24-25-26-27-28-29-30-31-32-33-34-36-38-40-42-44-46-48-52(57)54-50(49-55)53(58)51(56)47-45-43-41-39-37-35-16-14-12-10-8-6-4-2/h50-51,53,55-56,58H,3-49H2,1-2H3,(H,54,57)/t50-,51+,53-/m0/s1. The molecule has 0 aromatic heterocycles. The highest BCUT2D eigenvalue weighted by Gasteiger charge is 2.26. The van der Waals surface area contributed by atoms with Crippen molar-refractivity contribution in [1.29, 1.82) is 0 Å². The fourth-order valence-electron chi connectivity index (χ4n) is 8.81. The second-order valence-corrected chi connectivity index (χ2v) is 18.8. The molecule has 0 aromatic carbocycles. The number of amides is 1. The quantitative estimate of drug-likeness (QED) is 0.0460. The van der Waals surface area contributed by atoms with E-state index in [0.717, 1.165) is 32.1 Å². The summed E-state index contributed by atoms with van der Waals surface area (Å²) < 4.78 is 0. The normalized spacial score (nSPS) is 13.3. The Labute approximate surface area is 364 Å². The predicted octanol–water partition coefficient (Wildman–Crippen LogP) is 16.2. The Hall–Kier alpha value is -0.650. The van der Waals surface area contributed by atoms with Crippen LogP contribution in [0.2, 0.25) is 0 Å². The van der Waals surface area contributed by atoms with Gasteiger partial charge in [0.2, 0.25) is 5.91 Å². The number of hydrogen-bond donors (Lipinski definition) is 4. The van der Waals surface area contributed by atoms with Crippen molar-refractivity contribution in [3.63, 3.8) is 0 Å². The number of hydrogen-bond acceptors (Lipinski definition) is 4. The van der Waals surface area contributed by atoms with Crippen molar-refractivity contribution in [3.05, 3.63) is 0 Å². The third-order valence-corrected chi connectivity index (χ3v) is 13.0. The zero-order valence-electron chi connectivity index (χ0n) is 39.7. The zero-order valence-corrected chi connectivity index (χ0v) is 39.7. The lowest BCUT2D eigenvalue weighted by atomic mass is 9.99. The number of unbranched alkanes of at least 4 members (excludes halogenated alkanes) is 42. The fraction of sp³-hybridized carbons (Fsp3) is 0.981. The number of aliphatic hydroxyl groups is 3. The van der Waals surface area contributed by atoms with Gasteiger partial charge in [-0.2, -0.15) is 0 Å². The van der Waals surface area contributed by atoms with Crippen LogP contribution < -0.4 is 5.32 Å². The second-order valence-electron chi connectivity index (χ2n) is 18.8. The van der Waals surface area contributed by atoms with Gasteiger partial charge in [-0.25, -0.2) is 0 Å². The van der Waals surface area contributed by atoms with E-state index in [4.69, 9.17) is 0 Å². The van der Waals surface area contributed by atoms with E-state index in [9.17, 15) is 20.1 Å². The summed E-state index contributed by atoms with van der Waals surface area (Å²) in [6.45, 7) is 4.21. The van der Waals surface area contributed by atoms with Gasteiger partial charge in [0, 0.05) is 6.42 Å². The van der Waals surface area contributed by atoms with Gasteiger partial charge in [0.05, 0.1) is 18.8 Å². The maximum absolute atomic E-state index is 12.5. The molecule has 5 heteroatoms. The molecule has 0 heterocycles. The SMILES string of the molecule is CCCCCCCCCCCCCCCCCCCCCCCCCCCCCCCCCC(=O)N[C@@H](CO)[C@H](O)[C@H](O)CCCCCCCCCCCCCCC. The van der Waals surface area contributed by atoms with Crippen LogP contribution in [0.1, 0.15) is 309 Å². The predicted molar refractivity (Wildman–Crippen MR) is 255 cm³/mol. The molecule has 58 heavy (non-hydrogen) atoms. The van der Waals surface area contributed by atoms with Crippen molar-refractivity contribution in [1.82, 2.24) is 5.32 Å². The molecule has 0 radical (unpaired) electrons. The number of aliphatic hydroxyl groups excluding tert-OH is 3. The molecule has 0 saturated carbocycles. The lowest BCUT2D eigenvalue weighted by molar-refractivity contribution is -0.124. The van der Waals surface area contributed by atoms with Crippen LogP contribution in [0.5, 0.6) is 0 Å². The Balaban J connectivity index is 3.44. The van der Waals surface area contributed by atoms with Crippen molar-refractivity contribution in [2.24, 2.45) is 0 Å². The van der Waals surface area contributed by atoms with E-state index in [-0.39, 0.29) is 12.5 Å². The monoisotopic (exact) mass is 822 g/mol. The van der Waals surface area contributed by atoms with Crippen LogP contribution in [0.3, 0.4) is 0 Å². The molecule has 1 amide bonds. The Morgan fingerprint density at radius 3 is 0.828 bits per heavy atom. The fourth-order valence-corrected chi connectivity index (χ4v) is 8.81. The van der Waals surface area contributed by atoms with E-state index in [2.05, 4.69) is 19.2 Å². The highest BCUT2D eigenvalue weighted by atomic mass is 16.3. The highest BCUT2D eigenvalue weighted by molar-refractivity contribution is 5.76. The Kier molecular flexibility index (Phi) is 48.5. The first-order valence-corrected chi connectivity index (χ1v) is 26.8. The third-order valence-electron chi connectivity index (χ3n) is 13.0. The van der Waals surface area contributed by atoms with Crippen molar-refractivity contribution in [3.8, 4) is 0 Å². The summed E-state index contributed by atoms with van der Waals surface area (Å²) in [4.78, 5) is 12.5. The smallest absolute Gasteiger partial charge is 0.220 e. The largest absolute Gasteiger partial charge is 0.394 e. The van der Waals surface area contributed by atoms with Crippen LogP contribution in [-0.4, -0.2) is 46.1 Å². The van der Waals surface area contributed by atoms with Crippen molar-refractivity contribution in [2.75, 3.05) is 6.61 Å². The van der Waals surface area contributed by atoms with Crippen molar-refractivity contribution < 1.29 is 20.1 Å². The van der Waals surface area contributed by atoms with E-state index >= 15 is 0 Å². The number of carbonyl (C=O) groups excluding carboxylic acids is 1. The third kappa shape index (κ3) is 43.4. The average molecular weight is 822 g/mol. The van der Waals surface area contributed by atoms with Crippen LogP contribution in [0.4, 0.5) is 0 Å². The summed E-state index contributed by atoms with van der Waals surface area (Å²) in [5.41, 5.74) is 0. The second kappa shape index (κ2) is 49.0. The van der Waals surface area contributed by atoms with E-state index in [1.54, 1.807) is 0 Å². The van der Waals surface area contributed by atoms with Gasteiger partial charge < -0.3 is 20.6 Å². The summed E-state index contributed by atoms with van der Waals surface area (Å²) >= 11 is 0. The lowest BCUT2D eigenvalue weighted by Crippen LogP contribution is -2.50. The van der Waals surface area contributed by atoms with Crippen LogP contribution in [0, 0.1) is 0 Å². The van der Waals surface area contributed by atoms with Gasteiger partial charge in [-0.15, -0.1) is 0 Å². The molecule has 0 aliphatic carbocycles. The minimum Gasteiger partial charge on any atom is -0.394 e. The summed E-state index contributed by atoms with van der Waals surface area (Å²) in [6, 6.07) is -0.803. The first kappa shape index (κ1) is 57.3. The molecule has 0 unspecified atom stereocenters. The summed E-state index contributed by atoms with van der Waals surface area (Å²) in [5.74, 6) is -0.137. The Morgan fingerprint density at radius 2 is 0.586 bits per heavy atom. The zero-order chi connectivity index (χ0) is 42.3. The summed E-state index contributed by atoms with van der Waals surface area (Å²) in [7, 11) is 0. The van der Waals surface area contributed by atoms with Crippen LogP contribution >= 0.6 is 0 Å². The van der Waals surface area contributed by atoms with Crippen LogP contribution in [-0.2, 0) is 4.79 Å². The van der Waals surface area contributed by atoms with E-state index < -0.39 is 18.2 Å². The topological polar surface area (TPSA) is 89.8 Å². The molecule has 0 aliphatic rings. The van der Waals surface area contributed by atoms with E-state index in [1.165, 1.54) is 250 Å². The van der Waals surface area contributed by atoms with Crippen LogP contribution in [0.15, 0.2) is 0 Å². The first-order valence-electron chi connectivity index (χ1n) is 26.8. The Bertz CT molecular complexity index is 777. The van der Waals surface area contributed by atoms with Gasteiger partial charge in [0.15, 0.2) is 0 Å². The molecule has 3 atom stereocenters. The Morgan fingerprint density at radius 1 is 0.362 bits per heavy atom. The van der Waals surface area contributed by atoms with Gasteiger partial charge in [-0.05, 0) is 12.8 Å². The molecule has 0 aliphatic heterocycles. The van der Waals surface area contributed by atoms with Gasteiger partial charge >= 0.3 is 0 Å². The number of nitrogens with one attached hydrogen (secondary N) is 1. The van der Waals surface area contributed by atoms with Gasteiger partial charge in [0.1, 0.15) is 6.10 Å². The van der Waals surface area contributed by atoms with Crippen molar-refractivity contribution >= 4 is 5.91 Å². The van der Waals surface area contributed by atoms with Gasteiger partial charge in [-0.1, -0.05) is 290 Å². The molecule has 0 saturated heterocycles. The highest BCUT2D eigenvalue weighted by Crippen LogP contribution is 2.18. The molecule has 0 fully saturated rings. The molecule has 5 nitrogen and oxygen atoms in total. The number of rotatable bonds is 50. The van der Waals surface area contributed by atoms with E-state index in [0.29, 0.717) is 12.8 Å². The molecular weight excluding hydrogens is 715 g/mol. The molecule has 0 aromatic rings. The lowest BCUT2D eigenvalue weighted by Gasteiger charge is -2.26. The van der Waals surface area contributed by atoms with E-state index in [1.807, 2.05) is 0 Å². The average Bonchev–Trinajstić information content (AvgIpc) is 3.23. The molecule has 0 rings (SSSR count). The van der Waals surface area contributed by atoms with Crippen LogP contribution in [0.25, 0.3) is 0 Å². The maximum Gasteiger partial charge on any atom is 0.220 e. The molecular formula is C53H107NO4. The molecule has 4 N–H and O–H groups in total. The minimum absolute atomic E-state index is 0.137. The molecule has 0 spiro atoms. The van der Waals surface area contributed by atoms with Gasteiger partial charge in [-0.3, -0.25) is 4.79 Å².